The van der Waals surface area contributed by atoms with Gasteiger partial charge in [-0.05, 0) is 44.6 Å². The van der Waals surface area contributed by atoms with Gasteiger partial charge in [0, 0.05) is 10.9 Å². The molecule has 0 fully saturated rings. The molecule has 0 aliphatic rings. The second kappa shape index (κ2) is 6.17. The highest BCUT2D eigenvalue weighted by molar-refractivity contribution is 7.75. The first-order valence-corrected chi connectivity index (χ1v) is 9.93. The van der Waals surface area contributed by atoms with Crippen LogP contribution < -0.4 is 0 Å². The third kappa shape index (κ3) is 3.89. The Balaban J connectivity index is 2.45. The summed E-state index contributed by atoms with van der Waals surface area (Å²) >= 11 is 0. The van der Waals surface area contributed by atoms with Crippen LogP contribution in [-0.2, 0) is 0 Å². The topological polar surface area (TPSA) is 0 Å². The van der Waals surface area contributed by atoms with Gasteiger partial charge in [-0.3, -0.25) is 0 Å². The minimum atomic E-state index is -1.15. The summed E-state index contributed by atoms with van der Waals surface area (Å²) in [6, 6.07) is 18.9. The molecule has 0 bridgehead atoms. The average molecular weight is 280 g/mol. The Bertz CT molecular complexity index is 681. The van der Waals surface area contributed by atoms with Crippen molar-refractivity contribution in [1.82, 2.24) is 0 Å². The van der Waals surface area contributed by atoms with E-state index in [9.17, 15) is 0 Å². The summed E-state index contributed by atoms with van der Waals surface area (Å²) in [5.74, 6) is 6.75. The van der Waals surface area contributed by atoms with Crippen LogP contribution in [0.3, 0.4) is 0 Å². The summed E-state index contributed by atoms with van der Waals surface area (Å²) in [5.41, 5.74) is 3.61. The first-order chi connectivity index (χ1) is 9.47. The minimum Gasteiger partial charge on any atom is -0.0969 e. The zero-order valence-corrected chi connectivity index (χ0v) is 13.5. The summed E-state index contributed by atoms with van der Waals surface area (Å²) in [6.07, 6.45) is 0. The van der Waals surface area contributed by atoms with E-state index in [2.05, 4.69) is 93.4 Å². The van der Waals surface area contributed by atoms with Crippen molar-refractivity contribution in [3.05, 3.63) is 71.3 Å². The van der Waals surface area contributed by atoms with Gasteiger partial charge in [0.2, 0.25) is 0 Å². The second-order valence-corrected chi connectivity index (χ2v) is 10.3. The third-order valence-corrected chi connectivity index (χ3v) is 4.81. The lowest BCUT2D eigenvalue weighted by Crippen LogP contribution is -2.00. The molecule has 0 radical (unpaired) electrons. The molecule has 0 atom stereocenters. The maximum absolute atomic E-state index is 3.43. The van der Waals surface area contributed by atoms with E-state index in [1.54, 1.807) is 0 Å². The normalized spacial score (nSPS) is 10.6. The molecule has 2 rings (SSSR count). The van der Waals surface area contributed by atoms with Gasteiger partial charge in [-0.2, -0.15) is 0 Å². The van der Waals surface area contributed by atoms with Crippen LogP contribution in [0, 0.1) is 18.8 Å². The highest BCUT2D eigenvalue weighted by atomic mass is 31.2. The van der Waals surface area contributed by atoms with Gasteiger partial charge in [0.05, 0.1) is 0 Å². The Morgan fingerprint density at radius 2 is 1.45 bits per heavy atom. The first-order valence-electron chi connectivity index (χ1n) is 6.80. The first kappa shape index (κ1) is 14.7. The molecule has 0 spiro atoms. The molecule has 0 unspecified atom stereocenters. The molecular formula is C19H21P. The monoisotopic (exact) mass is 280 g/mol. The maximum atomic E-state index is 3.43. The molecule has 0 aliphatic carbocycles. The summed E-state index contributed by atoms with van der Waals surface area (Å²) < 4.78 is 0. The van der Waals surface area contributed by atoms with Gasteiger partial charge in [-0.15, -0.1) is 0 Å². The van der Waals surface area contributed by atoms with E-state index in [-0.39, 0.29) is 0 Å². The van der Waals surface area contributed by atoms with Crippen molar-refractivity contribution >= 4 is 12.2 Å². The number of hydrogen-bond acceptors (Lipinski definition) is 0. The second-order valence-electron chi connectivity index (χ2n) is 5.84. The molecule has 0 aromatic heterocycles. The molecule has 0 nitrogen and oxygen atoms in total. The molecule has 0 amide bonds. The predicted molar refractivity (Wildman–Crippen MR) is 93.3 cm³/mol. The van der Waals surface area contributed by atoms with E-state index in [1.807, 2.05) is 0 Å². The van der Waals surface area contributed by atoms with E-state index >= 15 is 0 Å². The van der Waals surface area contributed by atoms with E-state index in [1.165, 1.54) is 16.4 Å². The van der Waals surface area contributed by atoms with Gasteiger partial charge in [0.25, 0.3) is 0 Å². The average Bonchev–Trinajstić information content (AvgIpc) is 2.41. The van der Waals surface area contributed by atoms with Gasteiger partial charge in [0.15, 0.2) is 0 Å². The number of benzene rings is 2. The molecule has 0 N–H and O–H groups in total. The van der Waals surface area contributed by atoms with Gasteiger partial charge in [-0.25, -0.2) is 0 Å². The van der Waals surface area contributed by atoms with Crippen LogP contribution in [0.25, 0.3) is 0 Å². The minimum absolute atomic E-state index is 1.08. The molecule has 0 aliphatic heterocycles. The van der Waals surface area contributed by atoms with Crippen LogP contribution in [0.5, 0.6) is 0 Å². The SMILES string of the molecule is Cc1ccc(C#CC(c2ccccc2)=P(C)(C)C)cc1. The zero-order valence-electron chi connectivity index (χ0n) is 12.6. The van der Waals surface area contributed by atoms with Crippen LogP contribution in [-0.4, -0.2) is 25.3 Å². The quantitative estimate of drug-likeness (QED) is 0.534. The van der Waals surface area contributed by atoms with Crippen molar-refractivity contribution < 1.29 is 0 Å². The van der Waals surface area contributed by atoms with Crippen LogP contribution in [0.15, 0.2) is 54.6 Å². The fourth-order valence-electron chi connectivity index (χ4n) is 1.99. The Morgan fingerprint density at radius 1 is 0.850 bits per heavy atom. The molecule has 0 heterocycles. The number of rotatable bonds is 1. The lowest BCUT2D eigenvalue weighted by atomic mass is 10.1. The molecule has 102 valence electrons. The van der Waals surface area contributed by atoms with E-state index in [0.29, 0.717) is 0 Å². The van der Waals surface area contributed by atoms with Crippen molar-refractivity contribution in [3.63, 3.8) is 0 Å². The van der Waals surface area contributed by atoms with Gasteiger partial charge in [0.1, 0.15) is 0 Å². The van der Waals surface area contributed by atoms with Crippen molar-refractivity contribution in [1.29, 1.82) is 0 Å². The predicted octanol–water partition coefficient (Wildman–Crippen LogP) is 4.47. The van der Waals surface area contributed by atoms with Gasteiger partial charge < -0.3 is 0 Å². The summed E-state index contributed by atoms with van der Waals surface area (Å²) in [5, 5.41) is 1.29. The van der Waals surface area contributed by atoms with Gasteiger partial charge in [-0.1, -0.05) is 66.8 Å². The van der Waals surface area contributed by atoms with Crippen LogP contribution in [0.1, 0.15) is 16.7 Å². The van der Waals surface area contributed by atoms with E-state index in [0.717, 1.165) is 5.56 Å². The van der Waals surface area contributed by atoms with Crippen LogP contribution >= 0.6 is 6.89 Å². The fraction of sp³-hybridized carbons (Fsp3) is 0.211. The number of hydrogen-bond donors (Lipinski definition) is 0. The van der Waals surface area contributed by atoms with Gasteiger partial charge >= 0.3 is 0 Å². The van der Waals surface area contributed by atoms with Crippen molar-refractivity contribution in [2.24, 2.45) is 0 Å². The molecule has 2 aromatic rings. The molecule has 20 heavy (non-hydrogen) atoms. The summed E-state index contributed by atoms with van der Waals surface area (Å²) in [6.45, 7) is 7.90. The highest BCUT2D eigenvalue weighted by Crippen LogP contribution is 2.37. The smallest absolute Gasteiger partial charge is 0.0281 e. The summed E-state index contributed by atoms with van der Waals surface area (Å²) in [4.78, 5) is 0. The van der Waals surface area contributed by atoms with Crippen LogP contribution in [0.4, 0.5) is 0 Å². The molecule has 0 saturated heterocycles. The Labute approximate surface area is 122 Å². The Hall–Kier alpha value is -1.70. The molecular weight excluding hydrogens is 259 g/mol. The molecule has 0 saturated carbocycles. The van der Waals surface area contributed by atoms with Crippen molar-refractivity contribution in [2.75, 3.05) is 20.0 Å². The molecule has 2 aromatic carbocycles. The van der Waals surface area contributed by atoms with E-state index in [4.69, 9.17) is 0 Å². The summed E-state index contributed by atoms with van der Waals surface area (Å²) in [7, 11) is 0. The largest absolute Gasteiger partial charge is 0.0969 e. The zero-order chi connectivity index (χ0) is 14.6. The molecule has 1 heteroatoms. The lowest BCUT2D eigenvalue weighted by Gasteiger charge is -2.13. The Kier molecular flexibility index (Phi) is 4.53. The standard InChI is InChI=1S/C19H21P/c1-16-10-12-17(13-11-16)14-15-19(20(2,3)4)18-8-6-5-7-9-18/h5-13H,1-4H3. The van der Waals surface area contributed by atoms with E-state index < -0.39 is 6.89 Å². The van der Waals surface area contributed by atoms with Crippen molar-refractivity contribution in [3.8, 4) is 11.8 Å². The lowest BCUT2D eigenvalue weighted by molar-refractivity contribution is 1.46. The maximum Gasteiger partial charge on any atom is 0.0281 e. The highest BCUT2D eigenvalue weighted by Gasteiger charge is 2.06. The number of aryl methyl sites for hydroxylation is 1. The van der Waals surface area contributed by atoms with Crippen LogP contribution in [0.2, 0.25) is 0 Å². The fourth-order valence-corrected chi connectivity index (χ4v) is 3.31. The Morgan fingerprint density at radius 3 is 2.00 bits per heavy atom. The van der Waals surface area contributed by atoms with Crippen molar-refractivity contribution in [2.45, 2.75) is 6.92 Å². The third-order valence-electron chi connectivity index (χ3n) is 3.09.